The third-order valence-corrected chi connectivity index (χ3v) is 3.70. The fraction of sp³-hybridized carbons (Fsp3) is 0.133. The molecule has 3 heteroatoms. The summed E-state index contributed by atoms with van der Waals surface area (Å²) in [5, 5.41) is 1.23. The molecule has 0 aliphatic carbocycles. The normalized spacial score (nSPS) is 12.8. The van der Waals surface area contributed by atoms with Gasteiger partial charge in [-0.1, -0.05) is 35.0 Å². The van der Waals surface area contributed by atoms with Gasteiger partial charge >= 0.3 is 0 Å². The lowest BCUT2D eigenvalue weighted by molar-refractivity contribution is 0.845. The van der Waals surface area contributed by atoms with Crippen molar-refractivity contribution in [1.29, 1.82) is 0 Å². The first kappa shape index (κ1) is 11.5. The van der Waals surface area contributed by atoms with E-state index in [0.717, 1.165) is 15.7 Å². The molecule has 3 aromatic rings. The van der Waals surface area contributed by atoms with E-state index in [1.807, 2.05) is 18.3 Å². The first-order valence-corrected chi connectivity index (χ1v) is 6.72. The second kappa shape index (κ2) is 4.58. The minimum atomic E-state index is 0.275. The van der Waals surface area contributed by atoms with Gasteiger partial charge < -0.3 is 4.98 Å². The number of hydrogen-bond donors (Lipinski definition) is 1. The Balaban J connectivity index is 2.04. The van der Waals surface area contributed by atoms with Crippen LogP contribution in [-0.4, -0.2) is 9.97 Å². The van der Waals surface area contributed by atoms with Gasteiger partial charge in [-0.05, 0) is 35.7 Å². The van der Waals surface area contributed by atoms with Crippen molar-refractivity contribution in [2.24, 2.45) is 0 Å². The van der Waals surface area contributed by atoms with E-state index in [9.17, 15) is 0 Å². The van der Waals surface area contributed by atoms with Gasteiger partial charge in [0.2, 0.25) is 0 Å². The van der Waals surface area contributed by atoms with Crippen molar-refractivity contribution in [3.63, 3.8) is 0 Å². The Kier molecular flexibility index (Phi) is 2.92. The molecule has 0 fully saturated rings. The summed E-state index contributed by atoms with van der Waals surface area (Å²) in [6.45, 7) is 2.17. The topological polar surface area (TPSA) is 28.7 Å². The summed E-state index contributed by atoms with van der Waals surface area (Å²) in [5.74, 6) is 0.275. The highest BCUT2D eigenvalue weighted by molar-refractivity contribution is 9.10. The molecule has 2 nitrogen and oxygen atoms in total. The van der Waals surface area contributed by atoms with Crippen LogP contribution in [0.3, 0.4) is 0 Å². The van der Waals surface area contributed by atoms with Crippen LogP contribution in [0.15, 0.2) is 53.1 Å². The van der Waals surface area contributed by atoms with Crippen molar-refractivity contribution in [3.8, 4) is 0 Å². The average molecular weight is 301 g/mol. The van der Waals surface area contributed by atoms with Crippen LogP contribution in [0.2, 0.25) is 0 Å². The Labute approximate surface area is 114 Å². The van der Waals surface area contributed by atoms with Gasteiger partial charge in [-0.2, -0.15) is 0 Å². The molecule has 3 rings (SSSR count). The molecule has 0 saturated heterocycles. The van der Waals surface area contributed by atoms with Gasteiger partial charge in [0.1, 0.15) is 0 Å². The fourth-order valence-electron chi connectivity index (χ4n) is 2.15. The van der Waals surface area contributed by atoms with Crippen molar-refractivity contribution in [2.45, 2.75) is 12.8 Å². The van der Waals surface area contributed by atoms with E-state index in [2.05, 4.69) is 63.2 Å². The number of nitrogens with one attached hydrogen (secondary N) is 1. The van der Waals surface area contributed by atoms with Gasteiger partial charge in [-0.25, -0.2) is 0 Å². The molecular formula is C15H13BrN2. The summed E-state index contributed by atoms with van der Waals surface area (Å²) in [6.07, 6.45) is 1.84. The smallest absolute Gasteiger partial charge is 0.0490 e. The van der Waals surface area contributed by atoms with Gasteiger partial charge in [-0.3, -0.25) is 4.98 Å². The lowest BCUT2D eigenvalue weighted by Gasteiger charge is -2.08. The van der Waals surface area contributed by atoms with Crippen molar-refractivity contribution in [1.82, 2.24) is 9.97 Å². The molecule has 1 unspecified atom stereocenters. The van der Waals surface area contributed by atoms with Crippen LogP contribution >= 0.6 is 15.9 Å². The summed E-state index contributed by atoms with van der Waals surface area (Å²) in [6, 6.07) is 14.5. The van der Waals surface area contributed by atoms with Crippen molar-refractivity contribution in [3.05, 3.63) is 64.5 Å². The molecule has 0 amide bonds. The SMILES string of the molecule is CC(c1ccccn1)c1cc2ccc(Br)cc2[nH]1. The maximum Gasteiger partial charge on any atom is 0.0490 e. The number of pyridine rings is 1. The van der Waals surface area contributed by atoms with Crippen LogP contribution in [0.5, 0.6) is 0 Å². The van der Waals surface area contributed by atoms with Crippen LogP contribution in [0.4, 0.5) is 0 Å². The first-order valence-electron chi connectivity index (χ1n) is 5.93. The Morgan fingerprint density at radius 2 is 2.06 bits per heavy atom. The highest BCUT2D eigenvalue weighted by Gasteiger charge is 2.12. The Hall–Kier alpha value is -1.61. The molecule has 1 aromatic carbocycles. The number of hydrogen-bond acceptors (Lipinski definition) is 1. The molecule has 0 bridgehead atoms. The Bertz CT molecular complexity index is 673. The van der Waals surface area contributed by atoms with Crippen molar-refractivity contribution >= 4 is 26.8 Å². The number of fused-ring (bicyclic) bond motifs is 1. The number of halogens is 1. The average Bonchev–Trinajstić information content (AvgIpc) is 2.81. The van der Waals surface area contributed by atoms with Crippen LogP contribution in [0, 0.1) is 0 Å². The molecule has 0 aliphatic rings. The maximum absolute atomic E-state index is 4.41. The summed E-state index contributed by atoms with van der Waals surface area (Å²) in [4.78, 5) is 7.88. The van der Waals surface area contributed by atoms with Crippen molar-refractivity contribution in [2.75, 3.05) is 0 Å². The number of aromatic nitrogens is 2. The molecular weight excluding hydrogens is 288 g/mol. The zero-order valence-corrected chi connectivity index (χ0v) is 11.6. The van der Waals surface area contributed by atoms with Gasteiger partial charge in [0.15, 0.2) is 0 Å². The molecule has 90 valence electrons. The summed E-state index contributed by atoms with van der Waals surface area (Å²) < 4.78 is 1.09. The number of H-pyrrole nitrogens is 1. The molecule has 18 heavy (non-hydrogen) atoms. The first-order chi connectivity index (χ1) is 8.74. The molecule has 1 N–H and O–H groups in total. The molecule has 0 aliphatic heterocycles. The second-order valence-corrected chi connectivity index (χ2v) is 5.35. The maximum atomic E-state index is 4.41. The second-order valence-electron chi connectivity index (χ2n) is 4.43. The quantitative estimate of drug-likeness (QED) is 0.743. The molecule has 2 heterocycles. The predicted octanol–water partition coefficient (Wildman–Crippen LogP) is 4.48. The predicted molar refractivity (Wildman–Crippen MR) is 77.8 cm³/mol. The molecule has 0 spiro atoms. The minimum Gasteiger partial charge on any atom is -0.358 e. The zero-order chi connectivity index (χ0) is 12.5. The van der Waals surface area contributed by atoms with Crippen molar-refractivity contribution < 1.29 is 0 Å². The number of aromatic amines is 1. The van der Waals surface area contributed by atoms with Gasteiger partial charge in [0.25, 0.3) is 0 Å². The molecule has 2 aromatic heterocycles. The summed E-state index contributed by atoms with van der Waals surface area (Å²) in [5.41, 5.74) is 3.44. The van der Waals surface area contributed by atoms with Gasteiger partial charge in [-0.15, -0.1) is 0 Å². The van der Waals surface area contributed by atoms with Crippen LogP contribution in [0.1, 0.15) is 24.2 Å². The monoisotopic (exact) mass is 300 g/mol. The molecule has 0 saturated carbocycles. The molecule has 0 radical (unpaired) electrons. The van der Waals surface area contributed by atoms with E-state index < -0.39 is 0 Å². The van der Waals surface area contributed by atoms with Crippen LogP contribution in [0.25, 0.3) is 10.9 Å². The van der Waals surface area contributed by atoms with E-state index in [4.69, 9.17) is 0 Å². The van der Waals surface area contributed by atoms with Crippen LogP contribution in [-0.2, 0) is 0 Å². The minimum absolute atomic E-state index is 0.275. The fourth-order valence-corrected chi connectivity index (χ4v) is 2.51. The van der Waals surface area contributed by atoms with E-state index in [0.29, 0.717) is 0 Å². The largest absolute Gasteiger partial charge is 0.358 e. The standard InChI is InChI=1S/C15H13BrN2/c1-10(13-4-2-3-7-17-13)14-8-11-5-6-12(16)9-15(11)18-14/h2-10,18H,1H3. The van der Waals surface area contributed by atoms with Crippen LogP contribution < -0.4 is 0 Å². The highest BCUT2D eigenvalue weighted by Crippen LogP contribution is 2.27. The summed E-state index contributed by atoms with van der Waals surface area (Å²) >= 11 is 3.49. The lowest BCUT2D eigenvalue weighted by atomic mass is 10.0. The van der Waals surface area contributed by atoms with E-state index in [1.54, 1.807) is 0 Å². The lowest BCUT2D eigenvalue weighted by Crippen LogP contribution is -1.98. The highest BCUT2D eigenvalue weighted by atomic mass is 79.9. The van der Waals surface area contributed by atoms with Gasteiger partial charge in [0, 0.05) is 33.5 Å². The number of benzene rings is 1. The zero-order valence-electron chi connectivity index (χ0n) is 10.0. The van der Waals surface area contributed by atoms with E-state index in [1.165, 1.54) is 11.1 Å². The third-order valence-electron chi connectivity index (χ3n) is 3.20. The van der Waals surface area contributed by atoms with Gasteiger partial charge in [0.05, 0.1) is 0 Å². The molecule has 1 atom stereocenters. The van der Waals surface area contributed by atoms with E-state index >= 15 is 0 Å². The number of nitrogens with zero attached hydrogens (tertiary/aromatic N) is 1. The Morgan fingerprint density at radius 1 is 1.17 bits per heavy atom. The van der Waals surface area contributed by atoms with E-state index in [-0.39, 0.29) is 5.92 Å². The number of rotatable bonds is 2. The Morgan fingerprint density at radius 3 is 2.83 bits per heavy atom. The third kappa shape index (κ3) is 2.06. The summed E-state index contributed by atoms with van der Waals surface area (Å²) in [7, 11) is 0.